The molecule has 0 aliphatic carbocycles. The molecule has 0 unspecified atom stereocenters. The fourth-order valence-electron chi connectivity index (χ4n) is 5.11. The molecule has 0 aliphatic rings. The summed E-state index contributed by atoms with van der Waals surface area (Å²) < 4.78 is 0. The average Bonchev–Trinajstić information content (AvgIpc) is 3.10. The van der Waals surface area contributed by atoms with Gasteiger partial charge in [0, 0.05) is 66.3 Å². The highest BCUT2D eigenvalue weighted by Gasteiger charge is 2.16. The number of hydrogen-bond donors (Lipinski definition) is 5. The van der Waals surface area contributed by atoms with Crippen molar-refractivity contribution in [3.05, 3.63) is 90.5 Å². The number of benzene rings is 2. The molecular formula is C34H35N9O3. The number of anilines is 1. The first-order chi connectivity index (χ1) is 22.5. The van der Waals surface area contributed by atoms with E-state index < -0.39 is 0 Å². The first-order valence-corrected chi connectivity index (χ1v) is 15.0. The van der Waals surface area contributed by atoms with Gasteiger partial charge in [-0.2, -0.15) is 0 Å². The summed E-state index contributed by atoms with van der Waals surface area (Å²) in [5, 5.41) is 11.7. The largest absolute Gasteiger partial charge is 0.355 e. The fourth-order valence-corrected chi connectivity index (χ4v) is 5.11. The lowest BCUT2D eigenvalue weighted by Gasteiger charge is -2.10. The van der Waals surface area contributed by atoms with Crippen molar-refractivity contribution in [2.45, 2.75) is 19.3 Å². The van der Waals surface area contributed by atoms with Crippen LogP contribution in [0.2, 0.25) is 0 Å². The SMILES string of the molecule is CNC(=O)c1ccnc2c1ccc1c(C(=O)NCCCN)ccnc12.NCCCC(=O)Nc1cc2cccnc2c2ncccc12. The van der Waals surface area contributed by atoms with Crippen LogP contribution in [-0.2, 0) is 4.79 Å². The van der Waals surface area contributed by atoms with Crippen LogP contribution in [0.5, 0.6) is 0 Å². The Labute approximate surface area is 265 Å². The molecule has 3 amide bonds. The topological polar surface area (TPSA) is 191 Å². The Balaban J connectivity index is 0.000000184. The van der Waals surface area contributed by atoms with Crippen molar-refractivity contribution in [1.29, 1.82) is 0 Å². The van der Waals surface area contributed by atoms with E-state index >= 15 is 0 Å². The van der Waals surface area contributed by atoms with Gasteiger partial charge in [-0.3, -0.25) is 34.3 Å². The zero-order chi connectivity index (χ0) is 32.5. The lowest BCUT2D eigenvalue weighted by Crippen LogP contribution is -2.26. The number of carbonyl (C=O) groups is 3. The Kier molecular flexibility index (Phi) is 10.3. The molecule has 0 bridgehead atoms. The number of nitrogens with zero attached hydrogens (tertiary/aromatic N) is 4. The van der Waals surface area contributed by atoms with Crippen molar-refractivity contribution in [3.63, 3.8) is 0 Å². The minimum Gasteiger partial charge on any atom is -0.355 e. The maximum Gasteiger partial charge on any atom is 0.252 e. The summed E-state index contributed by atoms with van der Waals surface area (Å²) in [5.74, 6) is -0.404. The van der Waals surface area contributed by atoms with Crippen molar-refractivity contribution in [2.75, 3.05) is 32.0 Å². The minimum atomic E-state index is -0.192. The van der Waals surface area contributed by atoms with E-state index in [4.69, 9.17) is 11.5 Å². The van der Waals surface area contributed by atoms with Crippen molar-refractivity contribution < 1.29 is 14.4 Å². The third-order valence-electron chi connectivity index (χ3n) is 7.35. The highest BCUT2D eigenvalue weighted by Crippen LogP contribution is 2.29. The second-order valence-corrected chi connectivity index (χ2v) is 10.4. The van der Waals surface area contributed by atoms with Gasteiger partial charge in [-0.15, -0.1) is 0 Å². The quantitative estimate of drug-likeness (QED) is 0.119. The lowest BCUT2D eigenvalue weighted by atomic mass is 10.0. The summed E-state index contributed by atoms with van der Waals surface area (Å²) in [6.07, 6.45) is 8.44. The van der Waals surface area contributed by atoms with Crippen molar-refractivity contribution in [1.82, 2.24) is 30.6 Å². The van der Waals surface area contributed by atoms with E-state index in [1.165, 1.54) is 0 Å². The molecule has 234 valence electrons. The molecule has 6 rings (SSSR count). The number of aromatic nitrogens is 4. The van der Waals surface area contributed by atoms with Crippen molar-refractivity contribution >= 4 is 67.0 Å². The molecule has 12 nitrogen and oxygen atoms in total. The second-order valence-electron chi connectivity index (χ2n) is 10.4. The van der Waals surface area contributed by atoms with Gasteiger partial charge in [0.05, 0.1) is 38.9 Å². The van der Waals surface area contributed by atoms with Crippen LogP contribution in [-0.4, -0.2) is 64.3 Å². The summed E-state index contributed by atoms with van der Waals surface area (Å²) >= 11 is 0. The maximum absolute atomic E-state index is 12.4. The fraction of sp³-hybridized carbons (Fsp3) is 0.206. The van der Waals surface area contributed by atoms with E-state index in [9.17, 15) is 14.4 Å². The standard InChI is InChI=1S/C18H19N5O2.C16H16N4O/c1-20-17(24)13-5-9-21-15-11(13)3-4-12-14(6-10-22-16(12)15)18(25)23-8-2-7-19;17-7-1-6-14(21)20-13-10-11-4-2-8-18-15(11)16-12(13)5-3-9-19-16/h3-6,9-10H,2,7-8,19H2,1H3,(H,20,24)(H,23,25);2-5,8-10H,1,6-7,17H2,(H,20,21). The van der Waals surface area contributed by atoms with Crippen LogP contribution in [0.1, 0.15) is 40.0 Å². The van der Waals surface area contributed by atoms with Gasteiger partial charge in [-0.25, -0.2) is 0 Å². The number of carbonyl (C=O) groups excluding carboxylic acids is 3. The first kappa shape index (κ1) is 31.8. The Morgan fingerprint density at radius 1 is 0.674 bits per heavy atom. The maximum atomic E-state index is 12.4. The predicted molar refractivity (Wildman–Crippen MR) is 180 cm³/mol. The third kappa shape index (κ3) is 6.88. The highest BCUT2D eigenvalue weighted by atomic mass is 16.2. The van der Waals surface area contributed by atoms with Gasteiger partial charge in [0.25, 0.3) is 11.8 Å². The molecule has 0 saturated carbocycles. The smallest absolute Gasteiger partial charge is 0.252 e. The second kappa shape index (κ2) is 14.9. The monoisotopic (exact) mass is 617 g/mol. The van der Waals surface area contributed by atoms with Crippen LogP contribution >= 0.6 is 0 Å². The van der Waals surface area contributed by atoms with E-state index in [2.05, 4.69) is 35.9 Å². The minimum absolute atomic E-state index is 0.0335. The summed E-state index contributed by atoms with van der Waals surface area (Å²) in [5.41, 5.74) is 15.5. The van der Waals surface area contributed by atoms with Crippen molar-refractivity contribution in [3.8, 4) is 0 Å². The molecule has 0 fully saturated rings. The molecule has 0 saturated heterocycles. The Morgan fingerprint density at radius 2 is 1.26 bits per heavy atom. The molecule has 0 atom stereocenters. The van der Waals surface area contributed by atoms with Crippen LogP contribution < -0.4 is 27.4 Å². The van der Waals surface area contributed by atoms with Crippen LogP contribution in [0.25, 0.3) is 43.6 Å². The van der Waals surface area contributed by atoms with E-state index in [1.807, 2.05) is 30.3 Å². The number of rotatable bonds is 9. The molecular weight excluding hydrogens is 582 g/mol. The number of fused-ring (bicyclic) bond motifs is 6. The van der Waals surface area contributed by atoms with E-state index in [-0.39, 0.29) is 17.7 Å². The van der Waals surface area contributed by atoms with Gasteiger partial charge in [-0.1, -0.05) is 18.2 Å². The zero-order valence-electron chi connectivity index (χ0n) is 25.4. The molecule has 0 radical (unpaired) electrons. The van der Waals surface area contributed by atoms with Gasteiger partial charge in [-0.05, 0) is 62.3 Å². The van der Waals surface area contributed by atoms with Gasteiger partial charge in [0.2, 0.25) is 5.91 Å². The van der Waals surface area contributed by atoms with Crippen LogP contribution in [0.3, 0.4) is 0 Å². The normalized spacial score (nSPS) is 10.8. The number of nitrogens with one attached hydrogen (secondary N) is 3. The molecule has 12 heteroatoms. The molecule has 0 spiro atoms. The zero-order valence-corrected chi connectivity index (χ0v) is 25.4. The van der Waals surface area contributed by atoms with E-state index in [0.29, 0.717) is 71.8 Å². The summed E-state index contributed by atoms with van der Waals surface area (Å²) in [4.78, 5) is 54.0. The molecule has 4 aromatic heterocycles. The third-order valence-corrected chi connectivity index (χ3v) is 7.35. The van der Waals surface area contributed by atoms with Crippen LogP contribution in [0, 0.1) is 0 Å². The number of pyridine rings is 4. The predicted octanol–water partition coefficient (Wildman–Crippen LogP) is 3.68. The first-order valence-electron chi connectivity index (χ1n) is 15.0. The Hall–Kier alpha value is -5.59. The van der Waals surface area contributed by atoms with Gasteiger partial charge >= 0.3 is 0 Å². The molecule has 2 aromatic carbocycles. The van der Waals surface area contributed by atoms with Crippen LogP contribution in [0.4, 0.5) is 5.69 Å². The molecule has 46 heavy (non-hydrogen) atoms. The van der Waals surface area contributed by atoms with Crippen molar-refractivity contribution in [2.24, 2.45) is 11.5 Å². The van der Waals surface area contributed by atoms with E-state index in [1.54, 1.807) is 56.1 Å². The van der Waals surface area contributed by atoms with E-state index in [0.717, 1.165) is 27.5 Å². The Bertz CT molecular complexity index is 2050. The summed E-state index contributed by atoms with van der Waals surface area (Å²) in [6.45, 7) is 1.55. The summed E-state index contributed by atoms with van der Waals surface area (Å²) in [7, 11) is 1.58. The van der Waals surface area contributed by atoms with Gasteiger partial charge in [0.15, 0.2) is 0 Å². The van der Waals surface area contributed by atoms with Gasteiger partial charge in [0.1, 0.15) is 0 Å². The average molecular weight is 618 g/mol. The van der Waals surface area contributed by atoms with Gasteiger partial charge < -0.3 is 27.4 Å². The number of nitrogens with two attached hydrogens (primary N) is 2. The number of amides is 3. The Morgan fingerprint density at radius 3 is 1.91 bits per heavy atom. The molecule has 7 N–H and O–H groups in total. The molecule has 4 heterocycles. The molecule has 6 aromatic rings. The highest BCUT2D eigenvalue weighted by molar-refractivity contribution is 6.16. The molecule has 0 aliphatic heterocycles. The van der Waals surface area contributed by atoms with Crippen LogP contribution in [0.15, 0.2) is 79.4 Å². The number of hydrogen-bond acceptors (Lipinski definition) is 9. The lowest BCUT2D eigenvalue weighted by molar-refractivity contribution is -0.116. The summed E-state index contributed by atoms with van der Waals surface area (Å²) in [6, 6.07) is 16.5.